The van der Waals surface area contributed by atoms with Crippen molar-refractivity contribution in [1.82, 2.24) is 10.2 Å². The van der Waals surface area contributed by atoms with E-state index in [0.29, 0.717) is 12.2 Å². The van der Waals surface area contributed by atoms with E-state index >= 15 is 0 Å². The summed E-state index contributed by atoms with van der Waals surface area (Å²) in [6, 6.07) is 2.69. The third kappa shape index (κ3) is 4.50. The number of carbonyl (C=O) groups is 2. The number of hydrogen-bond donors (Lipinski definition) is 2. The summed E-state index contributed by atoms with van der Waals surface area (Å²) < 4.78 is 24.5. The largest absolute Gasteiger partial charge is 0.504 e. The lowest BCUT2D eigenvalue weighted by atomic mass is 9.48. The molecule has 0 radical (unpaired) electrons. The zero-order chi connectivity index (χ0) is 28.5. The van der Waals surface area contributed by atoms with E-state index < -0.39 is 46.3 Å². The number of carbonyl (C=O) groups excluding carboxylic acids is 2. The lowest BCUT2D eigenvalue weighted by Gasteiger charge is -2.65. The number of piperidine rings is 1. The molecule has 1 saturated carbocycles. The van der Waals surface area contributed by atoms with E-state index in [1.807, 2.05) is 26.8 Å². The SMILES string of the molecule is CO[C@@]12CC[C@@H](N[C@@H](CC(=O)OC(C)(C)C)C(=O)OC(C)(C)C)[C@@H]3Oc4c(O)ccc5c4C31CCN(C)C2C5. The van der Waals surface area contributed by atoms with Gasteiger partial charge in [0.2, 0.25) is 0 Å². The molecule has 216 valence electrons. The van der Waals surface area contributed by atoms with Crippen LogP contribution in [0.1, 0.15) is 78.4 Å². The topological polar surface area (TPSA) is 107 Å². The van der Waals surface area contributed by atoms with Crippen LogP contribution in [-0.2, 0) is 35.6 Å². The first kappa shape index (κ1) is 28.2. The van der Waals surface area contributed by atoms with Crippen LogP contribution in [0.3, 0.4) is 0 Å². The van der Waals surface area contributed by atoms with Crippen LogP contribution < -0.4 is 10.1 Å². The maximum atomic E-state index is 13.4. The molecule has 5 rings (SSSR count). The zero-order valence-electron chi connectivity index (χ0n) is 24.6. The molecule has 4 aliphatic rings. The van der Waals surface area contributed by atoms with Crippen molar-refractivity contribution >= 4 is 11.9 Å². The van der Waals surface area contributed by atoms with Crippen LogP contribution in [0.25, 0.3) is 0 Å². The smallest absolute Gasteiger partial charge is 0.324 e. The van der Waals surface area contributed by atoms with E-state index in [0.717, 1.165) is 31.4 Å². The van der Waals surface area contributed by atoms with Gasteiger partial charge in [-0.15, -0.1) is 0 Å². The summed E-state index contributed by atoms with van der Waals surface area (Å²) in [7, 11) is 3.94. The maximum Gasteiger partial charge on any atom is 0.324 e. The Morgan fingerprint density at radius 3 is 2.49 bits per heavy atom. The molecule has 9 nitrogen and oxygen atoms in total. The minimum Gasteiger partial charge on any atom is -0.504 e. The van der Waals surface area contributed by atoms with Crippen molar-refractivity contribution in [2.45, 2.75) is 120 Å². The number of ether oxygens (including phenoxy) is 4. The number of likely N-dealkylation sites (tertiary alicyclic amines) is 1. The van der Waals surface area contributed by atoms with Crippen LogP contribution in [0.5, 0.6) is 11.5 Å². The summed E-state index contributed by atoms with van der Waals surface area (Å²) in [5.74, 6) is -0.329. The molecule has 2 bridgehead atoms. The molecule has 2 N–H and O–H groups in total. The van der Waals surface area contributed by atoms with Gasteiger partial charge in [0.15, 0.2) is 11.5 Å². The minimum atomic E-state index is -0.915. The van der Waals surface area contributed by atoms with Crippen LogP contribution >= 0.6 is 0 Å². The van der Waals surface area contributed by atoms with Crippen molar-refractivity contribution in [1.29, 1.82) is 0 Å². The molecule has 2 heterocycles. The number of hydrogen-bond acceptors (Lipinski definition) is 9. The first-order valence-corrected chi connectivity index (χ1v) is 14.1. The van der Waals surface area contributed by atoms with E-state index in [1.165, 1.54) is 5.56 Å². The van der Waals surface area contributed by atoms with Crippen LogP contribution in [0.2, 0.25) is 0 Å². The predicted octanol–water partition coefficient (Wildman–Crippen LogP) is 3.23. The van der Waals surface area contributed by atoms with E-state index in [9.17, 15) is 14.7 Å². The van der Waals surface area contributed by atoms with Crippen LogP contribution in [0.15, 0.2) is 12.1 Å². The number of rotatable bonds is 6. The van der Waals surface area contributed by atoms with E-state index in [-0.39, 0.29) is 24.3 Å². The minimum absolute atomic E-state index is 0.121. The van der Waals surface area contributed by atoms with Gasteiger partial charge in [0.05, 0.1) is 17.4 Å². The van der Waals surface area contributed by atoms with Gasteiger partial charge >= 0.3 is 11.9 Å². The highest BCUT2D eigenvalue weighted by atomic mass is 16.6. The molecule has 2 aliphatic carbocycles. The van der Waals surface area contributed by atoms with Crippen molar-refractivity contribution < 1.29 is 33.6 Å². The van der Waals surface area contributed by atoms with Crippen LogP contribution in [-0.4, -0.2) is 83.7 Å². The molecule has 6 atom stereocenters. The molecule has 0 amide bonds. The van der Waals surface area contributed by atoms with Gasteiger partial charge in [-0.25, -0.2) is 0 Å². The third-order valence-electron chi connectivity index (χ3n) is 8.95. The van der Waals surface area contributed by atoms with Gasteiger partial charge in [-0.05, 0) is 92.4 Å². The summed E-state index contributed by atoms with van der Waals surface area (Å²) in [5.41, 5.74) is -0.166. The first-order valence-electron chi connectivity index (χ1n) is 14.1. The number of methoxy groups -OCH3 is 1. The molecule has 39 heavy (non-hydrogen) atoms. The molecule has 0 aromatic heterocycles. The molecule has 9 heteroatoms. The quantitative estimate of drug-likeness (QED) is 0.522. The summed E-state index contributed by atoms with van der Waals surface area (Å²) in [4.78, 5) is 28.7. The highest BCUT2D eigenvalue weighted by molar-refractivity contribution is 5.83. The molecule has 1 spiro atoms. The Labute approximate surface area is 231 Å². The second-order valence-electron chi connectivity index (χ2n) is 13.7. The monoisotopic (exact) mass is 544 g/mol. The molecular weight excluding hydrogens is 500 g/mol. The highest BCUT2D eigenvalue weighted by Gasteiger charge is 2.73. The lowest BCUT2D eigenvalue weighted by Crippen LogP contribution is -2.78. The standard InChI is InChI=1S/C30H44N2O7/c1-27(2,3)38-22(34)16-19(26(35)39-28(4,5)6)31-18-11-12-30(36-8)21-15-17-9-10-20(33)24-23(17)29(30,25(18)37-24)13-14-32(21)7/h9-10,18-19,21,25,31,33H,11-16H2,1-8H3/t18-,19+,21?,25+,29?,30-/m1/s1. The number of nitrogens with one attached hydrogen (secondary N) is 1. The van der Waals surface area contributed by atoms with Gasteiger partial charge in [-0.2, -0.15) is 0 Å². The fourth-order valence-electron chi connectivity index (χ4n) is 7.70. The van der Waals surface area contributed by atoms with Gasteiger partial charge in [-0.3, -0.25) is 14.9 Å². The molecule has 1 saturated heterocycles. The fraction of sp³-hybridized carbons (Fsp3) is 0.733. The van der Waals surface area contributed by atoms with Gasteiger partial charge < -0.3 is 29.0 Å². The first-order chi connectivity index (χ1) is 18.1. The van der Waals surface area contributed by atoms with Gasteiger partial charge in [-0.1, -0.05) is 6.07 Å². The molecule has 1 aromatic carbocycles. The van der Waals surface area contributed by atoms with Crippen molar-refractivity contribution in [3.8, 4) is 11.5 Å². The number of phenolic OH excluding ortho intramolecular Hbond substituents is 1. The molecule has 2 aliphatic heterocycles. The summed E-state index contributed by atoms with van der Waals surface area (Å²) in [5, 5.41) is 14.4. The Bertz CT molecular complexity index is 1160. The average Bonchev–Trinajstić information content (AvgIpc) is 3.17. The lowest BCUT2D eigenvalue weighted by molar-refractivity contribution is -0.204. The fourth-order valence-corrected chi connectivity index (χ4v) is 7.70. The van der Waals surface area contributed by atoms with E-state index in [1.54, 1.807) is 33.9 Å². The summed E-state index contributed by atoms with van der Waals surface area (Å²) in [6.07, 6.45) is 2.48. The average molecular weight is 545 g/mol. The van der Waals surface area contributed by atoms with E-state index in [4.69, 9.17) is 18.9 Å². The zero-order valence-corrected chi connectivity index (χ0v) is 24.6. The molecule has 2 fully saturated rings. The third-order valence-corrected chi connectivity index (χ3v) is 8.95. The second kappa shape index (κ2) is 9.35. The Hall–Kier alpha value is -2.36. The molecule has 2 unspecified atom stereocenters. The Morgan fingerprint density at radius 1 is 1.15 bits per heavy atom. The van der Waals surface area contributed by atoms with Crippen molar-refractivity contribution in [3.63, 3.8) is 0 Å². The van der Waals surface area contributed by atoms with Gasteiger partial charge in [0.25, 0.3) is 0 Å². The summed E-state index contributed by atoms with van der Waals surface area (Å²) >= 11 is 0. The van der Waals surface area contributed by atoms with Gasteiger partial charge in [0.1, 0.15) is 23.3 Å². The maximum absolute atomic E-state index is 13.4. The molecule has 1 aromatic rings. The van der Waals surface area contributed by atoms with Crippen molar-refractivity contribution in [2.24, 2.45) is 0 Å². The normalized spacial score (nSPS) is 32.2. The number of esters is 2. The number of likely N-dealkylation sites (N-methyl/N-ethyl adjacent to an activating group) is 1. The Balaban J connectivity index is 1.52. The highest BCUT2D eigenvalue weighted by Crippen LogP contribution is 2.66. The van der Waals surface area contributed by atoms with Crippen LogP contribution in [0.4, 0.5) is 0 Å². The number of nitrogens with zero attached hydrogens (tertiary/aromatic N) is 1. The molecular formula is C30H44N2O7. The number of phenols is 1. The Kier molecular flexibility index (Phi) is 6.75. The van der Waals surface area contributed by atoms with Crippen molar-refractivity contribution in [2.75, 3.05) is 20.7 Å². The number of aromatic hydroxyl groups is 1. The summed E-state index contributed by atoms with van der Waals surface area (Å²) in [6.45, 7) is 11.7. The van der Waals surface area contributed by atoms with Crippen LogP contribution in [0, 0.1) is 0 Å². The second-order valence-corrected chi connectivity index (χ2v) is 13.7. The number of benzene rings is 1. The van der Waals surface area contributed by atoms with Gasteiger partial charge in [0, 0.05) is 24.8 Å². The van der Waals surface area contributed by atoms with E-state index in [2.05, 4.69) is 17.3 Å². The predicted molar refractivity (Wildman–Crippen MR) is 145 cm³/mol. The van der Waals surface area contributed by atoms with Crippen molar-refractivity contribution in [3.05, 3.63) is 23.3 Å². The Morgan fingerprint density at radius 2 is 1.85 bits per heavy atom.